The third-order valence-electron chi connectivity index (χ3n) is 2.78. The van der Waals surface area contributed by atoms with Crippen LogP contribution < -0.4 is 15.2 Å². The number of nitrogens with zero attached hydrogens (tertiary/aromatic N) is 4. The summed E-state index contributed by atoms with van der Waals surface area (Å²) in [7, 11) is 3.11. The number of hydrogen-bond acceptors (Lipinski definition) is 9. The predicted molar refractivity (Wildman–Crippen MR) is 70.5 cm³/mol. The summed E-state index contributed by atoms with van der Waals surface area (Å²) in [6.07, 6.45) is 0. The lowest BCUT2D eigenvalue weighted by molar-refractivity contribution is 0.308. The zero-order chi connectivity index (χ0) is 14.8. The molecule has 1 aromatic carbocycles. The summed E-state index contributed by atoms with van der Waals surface area (Å²) in [5.41, 5.74) is 6.47. The first-order chi connectivity index (χ1) is 10.2. The Kier molecular flexibility index (Phi) is 3.14. The molecule has 2 heterocycles. The van der Waals surface area contributed by atoms with Crippen molar-refractivity contribution in [2.24, 2.45) is 0 Å². The van der Waals surface area contributed by atoms with E-state index in [1.54, 1.807) is 32.4 Å². The van der Waals surface area contributed by atoms with Gasteiger partial charge in [0.1, 0.15) is 0 Å². The first-order valence-electron chi connectivity index (χ1n) is 5.87. The summed E-state index contributed by atoms with van der Waals surface area (Å²) >= 11 is 0. The fourth-order valence-electron chi connectivity index (χ4n) is 1.76. The molecule has 0 saturated carbocycles. The molecule has 0 aliphatic heterocycles. The number of methoxy groups -OCH3 is 2. The van der Waals surface area contributed by atoms with Gasteiger partial charge in [-0.05, 0) is 28.5 Å². The second-order valence-electron chi connectivity index (χ2n) is 3.99. The molecule has 2 aromatic heterocycles. The minimum atomic E-state index is 0.0810. The maximum atomic E-state index is 5.57. The molecule has 0 aliphatic rings. The summed E-state index contributed by atoms with van der Waals surface area (Å²) < 4.78 is 20.0. The second-order valence-corrected chi connectivity index (χ2v) is 3.99. The summed E-state index contributed by atoms with van der Waals surface area (Å²) in [5, 5.41) is 10.9. The Morgan fingerprint density at radius 3 is 2.52 bits per heavy atom. The van der Waals surface area contributed by atoms with Crippen LogP contribution in [0.5, 0.6) is 11.5 Å². The molecule has 3 rings (SSSR count). The molecule has 0 saturated heterocycles. The van der Waals surface area contributed by atoms with Gasteiger partial charge in [-0.1, -0.05) is 5.16 Å². The quantitative estimate of drug-likeness (QED) is 0.758. The summed E-state index contributed by atoms with van der Waals surface area (Å²) in [6, 6.07) is 5.26. The van der Waals surface area contributed by atoms with Crippen LogP contribution >= 0.6 is 0 Å². The number of ether oxygens (including phenoxy) is 2. The van der Waals surface area contributed by atoms with Crippen molar-refractivity contribution in [1.29, 1.82) is 0 Å². The van der Waals surface area contributed by atoms with E-state index in [1.807, 2.05) is 0 Å². The number of anilines is 1. The largest absolute Gasteiger partial charge is 0.493 e. The molecule has 21 heavy (non-hydrogen) atoms. The first-order valence-corrected chi connectivity index (χ1v) is 5.87. The van der Waals surface area contributed by atoms with Crippen LogP contribution in [0.15, 0.2) is 27.4 Å². The van der Waals surface area contributed by atoms with Gasteiger partial charge < -0.3 is 19.7 Å². The minimum Gasteiger partial charge on any atom is -0.493 e. The average Bonchev–Trinajstić information content (AvgIpc) is 3.15. The van der Waals surface area contributed by atoms with E-state index >= 15 is 0 Å². The normalized spacial score (nSPS) is 10.6. The molecule has 2 N–H and O–H groups in total. The van der Waals surface area contributed by atoms with Gasteiger partial charge in [0.15, 0.2) is 11.5 Å². The average molecular weight is 289 g/mol. The van der Waals surface area contributed by atoms with Crippen LogP contribution in [-0.2, 0) is 0 Å². The topological polar surface area (TPSA) is 122 Å². The maximum Gasteiger partial charge on any atom is 0.284 e. The van der Waals surface area contributed by atoms with Crippen LogP contribution in [0.2, 0.25) is 0 Å². The number of nitrogen functional groups attached to an aromatic ring is 1. The Bertz CT molecular complexity index is 767. The third kappa shape index (κ3) is 2.24. The van der Waals surface area contributed by atoms with E-state index in [2.05, 4.69) is 25.1 Å². The zero-order valence-electron chi connectivity index (χ0n) is 11.2. The predicted octanol–water partition coefficient (Wildman–Crippen LogP) is 1.39. The van der Waals surface area contributed by atoms with Gasteiger partial charge in [0.2, 0.25) is 17.3 Å². The van der Waals surface area contributed by atoms with Crippen molar-refractivity contribution in [3.8, 4) is 34.5 Å². The molecular weight excluding hydrogens is 278 g/mol. The number of aromatic nitrogens is 4. The Morgan fingerprint density at radius 1 is 1.05 bits per heavy atom. The van der Waals surface area contributed by atoms with Crippen LogP contribution in [0.3, 0.4) is 0 Å². The van der Waals surface area contributed by atoms with Crippen LogP contribution in [0.25, 0.3) is 23.0 Å². The van der Waals surface area contributed by atoms with E-state index in [-0.39, 0.29) is 17.4 Å². The SMILES string of the molecule is COc1ccc(-c2noc(-c3nonc3N)n2)cc1OC. The fourth-order valence-corrected chi connectivity index (χ4v) is 1.76. The minimum absolute atomic E-state index is 0.0810. The van der Waals surface area contributed by atoms with Gasteiger partial charge in [0.25, 0.3) is 5.89 Å². The van der Waals surface area contributed by atoms with Crippen molar-refractivity contribution in [2.75, 3.05) is 20.0 Å². The van der Waals surface area contributed by atoms with Crippen LogP contribution in [0, 0.1) is 0 Å². The highest BCUT2D eigenvalue weighted by molar-refractivity contribution is 5.65. The van der Waals surface area contributed by atoms with Gasteiger partial charge in [-0.3, -0.25) is 0 Å². The van der Waals surface area contributed by atoms with Crippen LogP contribution in [0.4, 0.5) is 5.82 Å². The molecule has 0 unspecified atom stereocenters. The van der Waals surface area contributed by atoms with E-state index in [9.17, 15) is 0 Å². The van der Waals surface area contributed by atoms with E-state index in [4.69, 9.17) is 19.7 Å². The Hall–Kier alpha value is -3.10. The molecule has 108 valence electrons. The Balaban J connectivity index is 1.98. The van der Waals surface area contributed by atoms with E-state index in [0.29, 0.717) is 22.9 Å². The van der Waals surface area contributed by atoms with Gasteiger partial charge in [0, 0.05) is 5.56 Å². The van der Waals surface area contributed by atoms with Gasteiger partial charge in [-0.2, -0.15) is 4.98 Å². The first kappa shape index (κ1) is 12.9. The smallest absolute Gasteiger partial charge is 0.284 e. The maximum absolute atomic E-state index is 5.57. The molecule has 9 heteroatoms. The van der Waals surface area contributed by atoms with Gasteiger partial charge >= 0.3 is 0 Å². The Morgan fingerprint density at radius 2 is 1.86 bits per heavy atom. The van der Waals surface area contributed by atoms with Gasteiger partial charge in [0.05, 0.1) is 14.2 Å². The van der Waals surface area contributed by atoms with Crippen LogP contribution in [-0.4, -0.2) is 34.7 Å². The van der Waals surface area contributed by atoms with E-state index < -0.39 is 0 Å². The molecule has 0 amide bonds. The molecule has 0 radical (unpaired) electrons. The van der Waals surface area contributed by atoms with Crippen molar-refractivity contribution in [3.05, 3.63) is 18.2 Å². The molecule has 0 bridgehead atoms. The number of hydrogen-bond donors (Lipinski definition) is 1. The standard InChI is InChI=1S/C12H11N5O4/c1-18-7-4-3-6(5-8(7)19-2)11-14-12(20-17-11)9-10(13)16-21-15-9/h3-5H,1-2H3,(H2,13,16). The summed E-state index contributed by atoms with van der Waals surface area (Å²) in [4.78, 5) is 4.20. The monoisotopic (exact) mass is 289 g/mol. The second kappa shape index (κ2) is 5.12. The molecule has 0 atom stereocenters. The van der Waals surface area contributed by atoms with Crippen molar-refractivity contribution < 1.29 is 18.6 Å². The summed E-state index contributed by atoms with van der Waals surface area (Å²) in [5.74, 6) is 1.73. The molecule has 0 fully saturated rings. The van der Waals surface area contributed by atoms with Crippen molar-refractivity contribution in [3.63, 3.8) is 0 Å². The fraction of sp³-hybridized carbons (Fsp3) is 0.167. The highest BCUT2D eigenvalue weighted by atomic mass is 16.6. The van der Waals surface area contributed by atoms with Gasteiger partial charge in [-0.15, -0.1) is 0 Å². The third-order valence-corrected chi connectivity index (χ3v) is 2.78. The lowest BCUT2D eigenvalue weighted by atomic mass is 10.2. The lowest BCUT2D eigenvalue weighted by Gasteiger charge is -2.07. The molecule has 9 nitrogen and oxygen atoms in total. The highest BCUT2D eigenvalue weighted by Gasteiger charge is 2.18. The van der Waals surface area contributed by atoms with Crippen LogP contribution in [0.1, 0.15) is 0 Å². The molecular formula is C12H11N5O4. The molecule has 0 aliphatic carbocycles. The Labute approximate surface area is 118 Å². The highest BCUT2D eigenvalue weighted by Crippen LogP contribution is 2.32. The van der Waals surface area contributed by atoms with Gasteiger partial charge in [-0.25, -0.2) is 4.63 Å². The number of nitrogens with two attached hydrogens (primary N) is 1. The molecule has 3 aromatic rings. The molecule has 0 spiro atoms. The lowest BCUT2D eigenvalue weighted by Crippen LogP contribution is -1.91. The van der Waals surface area contributed by atoms with E-state index in [0.717, 1.165) is 0 Å². The van der Waals surface area contributed by atoms with Crippen molar-refractivity contribution in [1.82, 2.24) is 20.5 Å². The van der Waals surface area contributed by atoms with Crippen molar-refractivity contribution in [2.45, 2.75) is 0 Å². The summed E-state index contributed by atoms with van der Waals surface area (Å²) in [6.45, 7) is 0. The number of rotatable bonds is 4. The van der Waals surface area contributed by atoms with E-state index in [1.165, 1.54) is 0 Å². The number of benzene rings is 1. The zero-order valence-corrected chi connectivity index (χ0v) is 11.2. The van der Waals surface area contributed by atoms with Crippen molar-refractivity contribution >= 4 is 5.82 Å².